The summed E-state index contributed by atoms with van der Waals surface area (Å²) in [6, 6.07) is 4.86. The average Bonchev–Trinajstić information content (AvgIpc) is 2.55. The lowest BCUT2D eigenvalue weighted by Crippen LogP contribution is -1.97. The third kappa shape index (κ3) is 5.06. The molecule has 0 aliphatic carbocycles. The fourth-order valence-electron chi connectivity index (χ4n) is 1.57. The highest BCUT2D eigenvalue weighted by Gasteiger charge is 2.30. The number of phenolic OH excluding ortho intramolecular Hbond substituents is 1. The Hall–Kier alpha value is -3.89. The van der Waals surface area contributed by atoms with Crippen molar-refractivity contribution in [3.8, 4) is 5.75 Å². The minimum absolute atomic E-state index is 0.447. The largest absolute Gasteiger partial charge is 0.497 e. The Kier molecular flexibility index (Phi) is 6.21. The van der Waals surface area contributed by atoms with Crippen LogP contribution in [-0.2, 0) is 0 Å². The van der Waals surface area contributed by atoms with Crippen molar-refractivity contribution in [1.29, 1.82) is 0 Å². The summed E-state index contributed by atoms with van der Waals surface area (Å²) in [5.74, 6) is -1.21. The summed E-state index contributed by atoms with van der Waals surface area (Å²) in [6.45, 7) is 5.61. The first kappa shape index (κ1) is 19.2. The van der Waals surface area contributed by atoms with Gasteiger partial charge in [0.2, 0.25) is 0 Å². The number of pyridine rings is 1. The van der Waals surface area contributed by atoms with Gasteiger partial charge >= 0.3 is 11.4 Å². The molecular formula is C14H12N4O7. The predicted molar refractivity (Wildman–Crippen MR) is 87.1 cm³/mol. The van der Waals surface area contributed by atoms with Gasteiger partial charge in [-0.25, -0.2) is 0 Å². The lowest BCUT2D eigenvalue weighted by molar-refractivity contribution is -0.404. The summed E-state index contributed by atoms with van der Waals surface area (Å²) < 4.78 is 0. The van der Waals surface area contributed by atoms with Crippen LogP contribution in [-0.4, -0.2) is 24.9 Å². The molecule has 0 spiro atoms. The Bertz CT molecular complexity index is 799. The third-order valence-corrected chi connectivity index (χ3v) is 2.80. The second-order valence-corrected chi connectivity index (χ2v) is 4.57. The van der Waals surface area contributed by atoms with Gasteiger partial charge in [0, 0.05) is 6.20 Å². The molecule has 0 saturated carbocycles. The zero-order valence-corrected chi connectivity index (χ0v) is 12.9. The number of aryl methyl sites for hydroxylation is 1. The number of nitrogens with zero attached hydrogens (tertiary/aromatic N) is 4. The maximum absolute atomic E-state index is 10.4. The maximum atomic E-state index is 10.4. The lowest BCUT2D eigenvalue weighted by Gasteiger charge is -1.97. The molecule has 0 saturated heterocycles. The van der Waals surface area contributed by atoms with Gasteiger partial charge in [-0.15, -0.1) is 0 Å². The summed E-state index contributed by atoms with van der Waals surface area (Å²) in [7, 11) is 0. The molecule has 2 rings (SSSR count). The minimum Gasteiger partial charge on any atom is -0.497 e. The molecule has 0 radical (unpaired) electrons. The first-order valence-electron chi connectivity index (χ1n) is 6.52. The lowest BCUT2D eigenvalue weighted by atomic mass is 10.2. The van der Waals surface area contributed by atoms with Crippen molar-refractivity contribution in [3.63, 3.8) is 0 Å². The molecule has 1 N–H and O–H groups in total. The van der Waals surface area contributed by atoms with E-state index in [0.717, 1.165) is 5.69 Å². The van der Waals surface area contributed by atoms with Crippen LogP contribution in [0, 0.1) is 37.3 Å². The molecule has 1 aromatic heterocycles. The van der Waals surface area contributed by atoms with Gasteiger partial charge < -0.3 is 5.11 Å². The summed E-state index contributed by atoms with van der Waals surface area (Å²) in [5, 5.41) is 40.2. The Morgan fingerprint density at radius 1 is 1.04 bits per heavy atom. The Morgan fingerprint density at radius 3 is 1.88 bits per heavy atom. The second-order valence-electron chi connectivity index (χ2n) is 4.57. The van der Waals surface area contributed by atoms with Gasteiger partial charge in [-0.1, -0.05) is 12.6 Å². The molecule has 0 aliphatic heterocycles. The van der Waals surface area contributed by atoms with Crippen molar-refractivity contribution in [3.05, 3.63) is 78.6 Å². The van der Waals surface area contributed by atoms with E-state index < -0.39 is 37.6 Å². The molecule has 11 heteroatoms. The average molecular weight is 348 g/mol. The van der Waals surface area contributed by atoms with Crippen molar-refractivity contribution in [1.82, 2.24) is 4.98 Å². The first-order valence-corrected chi connectivity index (χ1v) is 6.52. The first-order chi connectivity index (χ1) is 11.7. The van der Waals surface area contributed by atoms with E-state index in [1.807, 2.05) is 25.3 Å². The number of phenols is 1. The van der Waals surface area contributed by atoms with Crippen LogP contribution in [0.4, 0.5) is 17.1 Å². The standard InChI is InChI=1S/C8H9N.C6H3N3O7/c1-3-8-5-4-7(2)6-9-8;10-6-4(8(13)14)1-3(7(11)12)2-5(6)9(15)16/h3-6H,1H2,2H3;1-2,10H. The molecule has 0 amide bonds. The van der Waals surface area contributed by atoms with Gasteiger partial charge in [-0.3, -0.25) is 35.3 Å². The number of benzene rings is 1. The van der Waals surface area contributed by atoms with Gasteiger partial charge in [-0.05, 0) is 24.6 Å². The van der Waals surface area contributed by atoms with Crippen LogP contribution in [0.15, 0.2) is 37.0 Å². The van der Waals surface area contributed by atoms with E-state index in [-0.39, 0.29) is 0 Å². The minimum atomic E-state index is -1.21. The highest BCUT2D eigenvalue weighted by molar-refractivity contribution is 5.64. The molecule has 1 heterocycles. The van der Waals surface area contributed by atoms with Crippen LogP contribution < -0.4 is 0 Å². The summed E-state index contributed by atoms with van der Waals surface area (Å²) in [5.41, 5.74) is -0.890. The number of hydrogen-bond acceptors (Lipinski definition) is 8. The Morgan fingerprint density at radius 2 is 1.56 bits per heavy atom. The SMILES string of the molecule is C=Cc1ccc(C)cn1.O=[N+]([O-])c1cc([N+](=O)[O-])c(O)c([N+](=O)[O-])c1. The number of aromatic nitrogens is 1. The molecule has 1 aromatic carbocycles. The fraction of sp³-hybridized carbons (Fsp3) is 0.0714. The van der Waals surface area contributed by atoms with E-state index in [1.54, 1.807) is 6.08 Å². The summed E-state index contributed by atoms with van der Waals surface area (Å²) >= 11 is 0. The molecule has 11 nitrogen and oxygen atoms in total. The van der Waals surface area contributed by atoms with E-state index in [1.165, 1.54) is 5.56 Å². The molecule has 25 heavy (non-hydrogen) atoms. The van der Waals surface area contributed by atoms with E-state index in [4.69, 9.17) is 5.11 Å². The number of non-ortho nitro benzene ring substituents is 1. The van der Waals surface area contributed by atoms with E-state index in [2.05, 4.69) is 11.6 Å². The Labute approximate surface area is 140 Å². The van der Waals surface area contributed by atoms with Crippen molar-refractivity contribution in [2.24, 2.45) is 0 Å². The molecule has 130 valence electrons. The van der Waals surface area contributed by atoms with Gasteiger partial charge in [0.25, 0.3) is 11.4 Å². The smallest absolute Gasteiger partial charge is 0.324 e. The fourth-order valence-corrected chi connectivity index (χ4v) is 1.57. The van der Waals surface area contributed by atoms with E-state index in [0.29, 0.717) is 12.1 Å². The van der Waals surface area contributed by atoms with Crippen LogP contribution in [0.25, 0.3) is 6.08 Å². The molecule has 0 bridgehead atoms. The zero-order chi connectivity index (χ0) is 19.1. The second kappa shape index (κ2) is 8.10. The highest BCUT2D eigenvalue weighted by atomic mass is 16.6. The van der Waals surface area contributed by atoms with Crippen LogP contribution in [0.3, 0.4) is 0 Å². The van der Waals surface area contributed by atoms with Gasteiger partial charge in [0.05, 0.1) is 32.6 Å². The van der Waals surface area contributed by atoms with E-state index in [9.17, 15) is 30.3 Å². The number of hydrogen-bond donors (Lipinski definition) is 1. The third-order valence-electron chi connectivity index (χ3n) is 2.80. The monoisotopic (exact) mass is 348 g/mol. The molecule has 0 unspecified atom stereocenters. The van der Waals surface area contributed by atoms with Crippen LogP contribution in [0.5, 0.6) is 5.75 Å². The van der Waals surface area contributed by atoms with E-state index >= 15 is 0 Å². The summed E-state index contributed by atoms with van der Waals surface area (Å²) in [4.78, 5) is 31.8. The predicted octanol–water partition coefficient (Wildman–Crippen LogP) is 3.15. The van der Waals surface area contributed by atoms with Crippen molar-refractivity contribution in [2.45, 2.75) is 6.92 Å². The quantitative estimate of drug-likeness (QED) is 0.650. The molecule has 2 aromatic rings. The number of nitro groups is 3. The van der Waals surface area contributed by atoms with Crippen molar-refractivity contribution >= 4 is 23.1 Å². The van der Waals surface area contributed by atoms with Gasteiger partial charge in [0.15, 0.2) is 0 Å². The topological polar surface area (TPSA) is 163 Å². The van der Waals surface area contributed by atoms with Crippen molar-refractivity contribution < 1.29 is 19.9 Å². The summed E-state index contributed by atoms with van der Waals surface area (Å²) in [6.07, 6.45) is 3.57. The zero-order valence-electron chi connectivity index (χ0n) is 12.9. The molecule has 0 fully saturated rings. The number of rotatable bonds is 4. The van der Waals surface area contributed by atoms with Crippen LogP contribution in [0.2, 0.25) is 0 Å². The molecular weight excluding hydrogens is 336 g/mol. The number of aromatic hydroxyl groups is 1. The maximum Gasteiger partial charge on any atom is 0.324 e. The normalized spacial score (nSPS) is 9.48. The molecule has 0 atom stereocenters. The Balaban J connectivity index is 0.000000293. The van der Waals surface area contributed by atoms with Crippen LogP contribution in [0.1, 0.15) is 11.3 Å². The van der Waals surface area contributed by atoms with Crippen LogP contribution >= 0.6 is 0 Å². The van der Waals surface area contributed by atoms with Gasteiger partial charge in [0.1, 0.15) is 0 Å². The van der Waals surface area contributed by atoms with Gasteiger partial charge in [-0.2, -0.15) is 0 Å². The number of nitro benzene ring substituents is 3. The molecule has 0 aliphatic rings. The highest BCUT2D eigenvalue weighted by Crippen LogP contribution is 2.38. The van der Waals surface area contributed by atoms with Crippen molar-refractivity contribution in [2.75, 3.05) is 0 Å².